The van der Waals surface area contributed by atoms with Crippen LogP contribution in [0.25, 0.3) is 11.1 Å². The number of aliphatic hydroxyl groups is 1. The lowest BCUT2D eigenvalue weighted by molar-refractivity contribution is -0.147. The number of carbonyl (C=O) groups is 4. The molecule has 0 aliphatic rings. The van der Waals surface area contributed by atoms with Gasteiger partial charge in [0.1, 0.15) is 5.75 Å². The third-order valence-electron chi connectivity index (χ3n) is 5.54. The molecule has 0 bridgehead atoms. The highest BCUT2D eigenvalue weighted by atomic mass is 35.5. The highest BCUT2D eigenvalue weighted by Crippen LogP contribution is 2.23. The van der Waals surface area contributed by atoms with E-state index in [9.17, 15) is 29.4 Å². The van der Waals surface area contributed by atoms with Crippen LogP contribution in [0.1, 0.15) is 22.3 Å². The molecule has 0 aliphatic heterocycles. The quantitative estimate of drug-likeness (QED) is 0.202. The zero-order chi connectivity index (χ0) is 26.9. The molecule has 3 rings (SSSR count). The van der Waals surface area contributed by atoms with E-state index in [1.165, 1.54) is 18.2 Å². The first kappa shape index (κ1) is 27.4. The molecule has 0 unspecified atom stereocenters. The molecule has 0 aliphatic carbocycles. The summed E-state index contributed by atoms with van der Waals surface area (Å²) in [6.07, 6.45) is -1.97. The molecule has 2 atom stereocenters. The maximum absolute atomic E-state index is 12.5. The van der Waals surface area contributed by atoms with E-state index in [1.54, 1.807) is 24.3 Å². The van der Waals surface area contributed by atoms with Gasteiger partial charge in [-0.05, 0) is 47.4 Å². The van der Waals surface area contributed by atoms with Gasteiger partial charge < -0.3 is 26.0 Å². The number of phenolic OH excluding ortho intramolecular Hbond substituents is 1. The summed E-state index contributed by atoms with van der Waals surface area (Å²) in [5.41, 5.74) is 2.52. The highest BCUT2D eigenvalue weighted by molar-refractivity contribution is 6.35. The maximum Gasteiger partial charge on any atom is 0.332 e. The normalized spacial score (nSPS) is 12.3. The molecule has 0 saturated heterocycles. The van der Waals surface area contributed by atoms with Gasteiger partial charge in [-0.1, -0.05) is 60.1 Å². The first-order valence-corrected chi connectivity index (χ1v) is 11.7. The van der Waals surface area contributed by atoms with E-state index in [0.29, 0.717) is 5.02 Å². The second kappa shape index (κ2) is 12.7. The number of Topliss-reactive ketones (excluding diaryl/α,β-unsaturated/α-hetero) is 1. The lowest BCUT2D eigenvalue weighted by Crippen LogP contribution is -2.48. The Hall–Kier alpha value is -4.21. The Morgan fingerprint density at radius 2 is 1.57 bits per heavy atom. The lowest BCUT2D eigenvalue weighted by atomic mass is 9.98. The van der Waals surface area contributed by atoms with Crippen molar-refractivity contribution in [3.05, 3.63) is 88.9 Å². The van der Waals surface area contributed by atoms with E-state index >= 15 is 0 Å². The van der Waals surface area contributed by atoms with Crippen LogP contribution in [0.4, 0.5) is 0 Å². The number of aromatic hydroxyl groups is 1. The van der Waals surface area contributed by atoms with Crippen molar-refractivity contribution in [2.45, 2.75) is 25.0 Å². The van der Waals surface area contributed by atoms with Gasteiger partial charge in [0.05, 0.1) is 12.1 Å². The Labute approximate surface area is 217 Å². The average molecular weight is 525 g/mol. The molecule has 0 saturated carbocycles. The molecule has 0 radical (unpaired) electrons. The molecule has 192 valence electrons. The van der Waals surface area contributed by atoms with E-state index in [0.717, 1.165) is 16.7 Å². The minimum absolute atomic E-state index is 0.00751. The minimum Gasteiger partial charge on any atom is -0.507 e. The molecule has 3 aromatic carbocycles. The van der Waals surface area contributed by atoms with Crippen molar-refractivity contribution in [3.8, 4) is 16.9 Å². The molecule has 0 heterocycles. The fraction of sp³-hybridized carbons (Fsp3) is 0.185. The summed E-state index contributed by atoms with van der Waals surface area (Å²) >= 11 is 6.05. The summed E-state index contributed by atoms with van der Waals surface area (Å²) in [5, 5.41) is 33.9. The summed E-state index contributed by atoms with van der Waals surface area (Å²) in [6.45, 7) is -0.531. The number of carboxylic acid groups (broad SMARTS) is 1. The molecule has 10 heteroatoms. The second-order valence-corrected chi connectivity index (χ2v) is 8.73. The smallest absolute Gasteiger partial charge is 0.332 e. The Bertz CT molecular complexity index is 1290. The van der Waals surface area contributed by atoms with E-state index in [-0.39, 0.29) is 24.2 Å². The van der Waals surface area contributed by atoms with Crippen molar-refractivity contribution < 1.29 is 34.5 Å². The highest BCUT2D eigenvalue weighted by Gasteiger charge is 2.25. The van der Waals surface area contributed by atoms with Crippen molar-refractivity contribution in [1.82, 2.24) is 10.6 Å². The number of amides is 2. The number of aliphatic carboxylic acids is 1. The lowest BCUT2D eigenvalue weighted by Gasteiger charge is -2.20. The summed E-state index contributed by atoms with van der Waals surface area (Å²) in [7, 11) is 0. The van der Waals surface area contributed by atoms with Gasteiger partial charge in [-0.25, -0.2) is 4.79 Å². The van der Waals surface area contributed by atoms with Crippen molar-refractivity contribution in [2.24, 2.45) is 0 Å². The van der Waals surface area contributed by atoms with Crippen LogP contribution < -0.4 is 10.6 Å². The SMILES string of the molecule is O=C(NCC(=O)c1ccccc1O)C(=O)N[C@H](Cc1ccc(-c2cccc(Cl)c2)cc1)C[C@@H](O)C(=O)O. The Morgan fingerprint density at radius 3 is 2.22 bits per heavy atom. The van der Waals surface area contributed by atoms with Crippen molar-refractivity contribution in [3.63, 3.8) is 0 Å². The van der Waals surface area contributed by atoms with Crippen molar-refractivity contribution >= 4 is 35.2 Å². The van der Waals surface area contributed by atoms with Crippen LogP contribution in [0, 0.1) is 0 Å². The van der Waals surface area contributed by atoms with Crippen molar-refractivity contribution in [1.29, 1.82) is 0 Å². The van der Waals surface area contributed by atoms with Crippen LogP contribution >= 0.6 is 11.6 Å². The number of carboxylic acids is 1. The van der Waals surface area contributed by atoms with E-state index in [2.05, 4.69) is 10.6 Å². The average Bonchev–Trinajstić information content (AvgIpc) is 2.87. The van der Waals surface area contributed by atoms with Gasteiger partial charge >= 0.3 is 17.8 Å². The number of rotatable bonds is 10. The number of ketones is 1. The summed E-state index contributed by atoms with van der Waals surface area (Å²) in [6, 6.07) is 19.4. The summed E-state index contributed by atoms with van der Waals surface area (Å²) in [5.74, 6) is -4.53. The Kier molecular flexibility index (Phi) is 9.37. The topological polar surface area (TPSA) is 153 Å². The second-order valence-electron chi connectivity index (χ2n) is 8.29. The number of nitrogens with one attached hydrogen (secondary N) is 2. The van der Waals surface area contributed by atoms with Crippen LogP contribution in [0.2, 0.25) is 5.02 Å². The number of benzene rings is 3. The largest absolute Gasteiger partial charge is 0.507 e. The fourth-order valence-corrected chi connectivity index (χ4v) is 3.84. The van der Waals surface area contributed by atoms with Gasteiger partial charge in [0.25, 0.3) is 0 Å². The van der Waals surface area contributed by atoms with Gasteiger partial charge in [-0.15, -0.1) is 0 Å². The predicted octanol–water partition coefficient (Wildman–Crippen LogP) is 2.57. The molecule has 0 spiro atoms. The standard InChI is InChI=1S/C27H25ClN2O7/c28-19-5-3-4-18(13-19)17-10-8-16(9-11-17)12-20(14-23(32)27(36)37)30-26(35)25(34)29-15-24(33)21-6-1-2-7-22(21)31/h1-11,13,20,23,31-32H,12,14-15H2,(H,29,34)(H,30,35)(H,36,37)/t20-,23-/m1/s1. The summed E-state index contributed by atoms with van der Waals surface area (Å²) in [4.78, 5) is 48.1. The Morgan fingerprint density at radius 1 is 0.865 bits per heavy atom. The molecule has 3 aromatic rings. The number of hydrogen-bond acceptors (Lipinski definition) is 6. The molecule has 5 N–H and O–H groups in total. The number of para-hydroxylation sites is 1. The molecule has 9 nitrogen and oxygen atoms in total. The zero-order valence-electron chi connectivity index (χ0n) is 19.6. The first-order chi connectivity index (χ1) is 17.6. The van der Waals surface area contributed by atoms with E-state index < -0.39 is 42.3 Å². The summed E-state index contributed by atoms with van der Waals surface area (Å²) < 4.78 is 0. The first-order valence-electron chi connectivity index (χ1n) is 11.3. The molecule has 37 heavy (non-hydrogen) atoms. The molecular weight excluding hydrogens is 500 g/mol. The van der Waals surface area contributed by atoms with Gasteiger partial charge in [-0.2, -0.15) is 0 Å². The Balaban J connectivity index is 1.65. The molecule has 0 fully saturated rings. The van der Waals surface area contributed by atoms with E-state index in [1.807, 2.05) is 30.3 Å². The zero-order valence-corrected chi connectivity index (χ0v) is 20.3. The number of hydrogen-bond donors (Lipinski definition) is 5. The maximum atomic E-state index is 12.5. The molecular formula is C27H25ClN2O7. The van der Waals surface area contributed by atoms with Gasteiger partial charge in [0, 0.05) is 17.5 Å². The van der Waals surface area contributed by atoms with Crippen LogP contribution in [0.3, 0.4) is 0 Å². The monoisotopic (exact) mass is 524 g/mol. The van der Waals surface area contributed by atoms with Crippen LogP contribution in [-0.2, 0) is 20.8 Å². The molecule has 2 amide bonds. The van der Waals surface area contributed by atoms with Gasteiger partial charge in [0.15, 0.2) is 11.9 Å². The van der Waals surface area contributed by atoms with E-state index in [4.69, 9.17) is 16.7 Å². The fourth-order valence-electron chi connectivity index (χ4n) is 3.65. The minimum atomic E-state index is -1.76. The van der Waals surface area contributed by atoms with Crippen LogP contribution in [0.15, 0.2) is 72.8 Å². The molecule has 0 aromatic heterocycles. The van der Waals surface area contributed by atoms with Crippen LogP contribution in [0.5, 0.6) is 5.75 Å². The predicted molar refractivity (Wildman–Crippen MR) is 136 cm³/mol. The number of carbonyl (C=O) groups excluding carboxylic acids is 3. The third-order valence-corrected chi connectivity index (χ3v) is 5.78. The number of aliphatic hydroxyl groups excluding tert-OH is 1. The van der Waals surface area contributed by atoms with Crippen LogP contribution in [-0.4, -0.2) is 57.6 Å². The number of halogens is 1. The number of phenols is 1. The van der Waals surface area contributed by atoms with Gasteiger partial charge in [-0.3, -0.25) is 14.4 Å². The third kappa shape index (κ3) is 7.89. The van der Waals surface area contributed by atoms with Gasteiger partial charge in [0.2, 0.25) is 0 Å². The van der Waals surface area contributed by atoms with Crippen molar-refractivity contribution in [2.75, 3.05) is 6.54 Å².